The predicted molar refractivity (Wildman–Crippen MR) is 191 cm³/mol. The summed E-state index contributed by atoms with van der Waals surface area (Å²) in [4.78, 5) is 43.6. The van der Waals surface area contributed by atoms with Crippen LogP contribution in [0.25, 0.3) is 0 Å². The number of fused-ring (bicyclic) bond motifs is 1. The highest BCUT2D eigenvalue weighted by Gasteiger charge is 2.51. The molecular formula is C39H56N6O4. The van der Waals surface area contributed by atoms with Crippen LogP contribution in [-0.2, 0) is 25.5 Å². The number of ether oxygens (including phenoxy) is 2. The number of aromatic nitrogens is 3. The lowest BCUT2D eigenvalue weighted by Crippen LogP contribution is -2.48. The molecule has 5 fully saturated rings. The molecule has 49 heavy (non-hydrogen) atoms. The van der Waals surface area contributed by atoms with Gasteiger partial charge in [0.25, 0.3) is 0 Å². The third-order valence-electron chi connectivity index (χ3n) is 11.7. The first-order valence-electron chi connectivity index (χ1n) is 18.9. The van der Waals surface area contributed by atoms with Crippen LogP contribution in [-0.4, -0.2) is 65.3 Å². The van der Waals surface area contributed by atoms with Gasteiger partial charge in [-0.2, -0.15) is 0 Å². The summed E-state index contributed by atoms with van der Waals surface area (Å²) in [5.74, 6) is 4.70. The fourth-order valence-corrected chi connectivity index (χ4v) is 9.86. The minimum absolute atomic E-state index is 0.0238. The van der Waals surface area contributed by atoms with Crippen LogP contribution in [0.3, 0.4) is 0 Å². The summed E-state index contributed by atoms with van der Waals surface area (Å²) in [6, 6.07) is 4.47. The first-order chi connectivity index (χ1) is 23.4. The van der Waals surface area contributed by atoms with Crippen LogP contribution in [0.4, 0.5) is 17.5 Å². The second kappa shape index (κ2) is 13.7. The number of rotatable bonds is 10. The maximum Gasteiger partial charge on any atom is 0.311 e. The summed E-state index contributed by atoms with van der Waals surface area (Å²) < 4.78 is 11.8. The standard InChI is InChI=1S/C39H56N6O4/c1-24-34(42-25(2)43-36(24)45-13-10-29(11-14-45)32-9-8-30-7-6-12-40-35(30)44-32)41-22-31(37(47)49-38(3,4)5)18-33(46)48-23-39-19-26-15-27(20-39)17-28(16-26)21-39/h8-9,26-29,31H,6-7,10-23H2,1-5H3,(H,40,44)(H,41,42,43)/t26?,27?,28?,31-,39?/m0/s1. The van der Waals surface area contributed by atoms with Gasteiger partial charge in [-0.25, -0.2) is 15.0 Å². The number of hydrogen-bond acceptors (Lipinski definition) is 10. The zero-order valence-corrected chi connectivity index (χ0v) is 30.3. The number of hydrogen-bond donors (Lipinski definition) is 2. The van der Waals surface area contributed by atoms with Gasteiger partial charge in [-0.05, 0) is 128 Å². The molecule has 4 bridgehead atoms. The second-order valence-corrected chi connectivity index (χ2v) is 17.0. The fraction of sp³-hybridized carbons (Fsp3) is 0.718. The number of carbonyl (C=O) groups excluding carboxylic acids is 2. The smallest absolute Gasteiger partial charge is 0.311 e. The Morgan fingerprint density at radius 3 is 2.39 bits per heavy atom. The normalized spacial score (nSPS) is 26.9. The molecule has 10 heteroatoms. The van der Waals surface area contributed by atoms with Gasteiger partial charge in [-0.1, -0.05) is 6.07 Å². The van der Waals surface area contributed by atoms with Crippen LogP contribution < -0.4 is 15.5 Å². The molecule has 1 atom stereocenters. The van der Waals surface area contributed by atoms with E-state index in [4.69, 9.17) is 24.4 Å². The summed E-state index contributed by atoms with van der Waals surface area (Å²) in [6.07, 6.45) is 11.8. The van der Waals surface area contributed by atoms with Crippen molar-refractivity contribution in [1.29, 1.82) is 0 Å². The minimum Gasteiger partial charge on any atom is -0.465 e. The molecule has 0 unspecified atom stereocenters. The summed E-state index contributed by atoms with van der Waals surface area (Å²) in [5.41, 5.74) is 2.91. The van der Waals surface area contributed by atoms with Crippen LogP contribution in [0.5, 0.6) is 0 Å². The molecule has 2 aliphatic heterocycles. The lowest BCUT2D eigenvalue weighted by molar-refractivity contribution is -0.166. The average Bonchev–Trinajstić information content (AvgIpc) is 3.05. The second-order valence-electron chi connectivity index (χ2n) is 17.0. The number of pyridine rings is 1. The van der Waals surface area contributed by atoms with Gasteiger partial charge in [0.2, 0.25) is 0 Å². The van der Waals surface area contributed by atoms with E-state index in [0.29, 0.717) is 24.2 Å². The van der Waals surface area contributed by atoms with Gasteiger partial charge in [0, 0.05) is 48.8 Å². The molecule has 6 aliphatic rings. The van der Waals surface area contributed by atoms with Gasteiger partial charge < -0.3 is 25.0 Å². The molecule has 2 aromatic rings. The van der Waals surface area contributed by atoms with E-state index in [-0.39, 0.29) is 24.3 Å². The van der Waals surface area contributed by atoms with Gasteiger partial charge in [0.15, 0.2) is 0 Å². The Morgan fingerprint density at radius 2 is 1.71 bits per heavy atom. The minimum atomic E-state index is -0.699. The number of nitrogens with zero attached hydrogens (tertiary/aromatic N) is 4. The Labute approximate surface area is 291 Å². The maximum absolute atomic E-state index is 13.4. The van der Waals surface area contributed by atoms with E-state index in [0.717, 1.165) is 80.3 Å². The van der Waals surface area contributed by atoms with Gasteiger partial charge in [-0.3, -0.25) is 9.59 Å². The van der Waals surface area contributed by atoms with Gasteiger partial charge >= 0.3 is 11.9 Å². The van der Waals surface area contributed by atoms with Crippen LogP contribution >= 0.6 is 0 Å². The Hall–Kier alpha value is -3.43. The van der Waals surface area contributed by atoms with Crippen molar-refractivity contribution >= 4 is 29.4 Å². The van der Waals surface area contributed by atoms with E-state index in [1.165, 1.54) is 49.8 Å². The first kappa shape index (κ1) is 34.0. The topological polar surface area (TPSA) is 119 Å². The number of anilines is 3. The Bertz CT molecular complexity index is 1510. The Balaban J connectivity index is 0.986. The van der Waals surface area contributed by atoms with Crippen molar-refractivity contribution in [2.24, 2.45) is 29.1 Å². The van der Waals surface area contributed by atoms with Crippen molar-refractivity contribution in [1.82, 2.24) is 15.0 Å². The largest absolute Gasteiger partial charge is 0.465 e. The lowest BCUT2D eigenvalue weighted by Gasteiger charge is -2.56. The van der Waals surface area contributed by atoms with Crippen molar-refractivity contribution in [3.05, 3.63) is 34.8 Å². The SMILES string of the molecule is Cc1nc(NC[C@H](CC(=O)OCC23CC4CC(CC(C4)C2)C3)C(=O)OC(C)(C)C)c(C)c(N2CCC(c3ccc4c(n3)NCCC4)CC2)n1. The van der Waals surface area contributed by atoms with E-state index >= 15 is 0 Å². The third kappa shape index (κ3) is 7.83. The molecule has 4 aliphatic carbocycles. The van der Waals surface area contributed by atoms with E-state index < -0.39 is 17.5 Å². The summed E-state index contributed by atoms with van der Waals surface area (Å²) in [7, 11) is 0. The highest BCUT2D eigenvalue weighted by molar-refractivity contribution is 5.81. The zero-order valence-electron chi connectivity index (χ0n) is 30.3. The summed E-state index contributed by atoms with van der Waals surface area (Å²) in [5, 5.41) is 6.89. The number of carbonyl (C=O) groups is 2. The molecule has 1 saturated heterocycles. The molecule has 0 amide bonds. The van der Waals surface area contributed by atoms with Crippen molar-refractivity contribution in [3.63, 3.8) is 0 Å². The Morgan fingerprint density at radius 1 is 1.02 bits per heavy atom. The quantitative estimate of drug-likeness (QED) is 0.263. The molecule has 8 rings (SSSR count). The number of esters is 2. The Kier molecular flexibility index (Phi) is 9.52. The van der Waals surface area contributed by atoms with Crippen LogP contribution in [0, 0.1) is 42.9 Å². The molecule has 266 valence electrons. The van der Waals surface area contributed by atoms with Crippen molar-refractivity contribution in [3.8, 4) is 0 Å². The molecule has 0 aromatic carbocycles. The molecule has 4 saturated carbocycles. The zero-order chi connectivity index (χ0) is 34.3. The number of aryl methyl sites for hydroxylation is 2. The molecule has 0 radical (unpaired) electrons. The first-order valence-corrected chi connectivity index (χ1v) is 18.9. The molecule has 0 spiro atoms. The van der Waals surface area contributed by atoms with Gasteiger partial charge in [-0.15, -0.1) is 0 Å². The molecular weight excluding hydrogens is 616 g/mol. The van der Waals surface area contributed by atoms with Crippen molar-refractivity contribution in [2.75, 3.05) is 48.3 Å². The monoisotopic (exact) mass is 672 g/mol. The fourth-order valence-electron chi connectivity index (χ4n) is 9.86. The van der Waals surface area contributed by atoms with E-state index in [1.807, 2.05) is 34.6 Å². The predicted octanol–water partition coefficient (Wildman–Crippen LogP) is 6.75. The maximum atomic E-state index is 13.4. The van der Waals surface area contributed by atoms with Crippen LogP contribution in [0.15, 0.2) is 12.1 Å². The average molecular weight is 673 g/mol. The molecule has 2 N–H and O–H groups in total. The summed E-state index contributed by atoms with van der Waals surface area (Å²) >= 11 is 0. The lowest BCUT2D eigenvalue weighted by atomic mass is 9.50. The van der Waals surface area contributed by atoms with Gasteiger partial charge in [0.05, 0.1) is 18.9 Å². The van der Waals surface area contributed by atoms with Gasteiger partial charge in [0.1, 0.15) is 28.9 Å². The van der Waals surface area contributed by atoms with Crippen LogP contribution in [0.2, 0.25) is 0 Å². The van der Waals surface area contributed by atoms with E-state index in [2.05, 4.69) is 27.7 Å². The van der Waals surface area contributed by atoms with Crippen molar-refractivity contribution < 1.29 is 19.1 Å². The van der Waals surface area contributed by atoms with Crippen LogP contribution in [0.1, 0.15) is 114 Å². The number of nitrogens with one attached hydrogen (secondary N) is 2. The van der Waals surface area contributed by atoms with E-state index in [1.54, 1.807) is 0 Å². The van der Waals surface area contributed by atoms with E-state index in [9.17, 15) is 9.59 Å². The molecule has 10 nitrogen and oxygen atoms in total. The van der Waals surface area contributed by atoms with Crippen molar-refractivity contribution in [2.45, 2.75) is 117 Å². The summed E-state index contributed by atoms with van der Waals surface area (Å²) in [6.45, 7) is 12.9. The number of piperidine rings is 1. The highest BCUT2D eigenvalue weighted by atomic mass is 16.6. The third-order valence-corrected chi connectivity index (χ3v) is 11.7. The highest BCUT2D eigenvalue weighted by Crippen LogP contribution is 2.60. The molecule has 4 heterocycles. The molecule has 2 aromatic heterocycles.